The minimum absolute atomic E-state index is 0.0495. The average molecular weight is 611 g/mol. The SMILES string of the molecule is N#C/C(=C\C1CC1)C(=O)N1CCCC(NC(=O)C2=C3NC(=O)N(c4cccc(Oc5ccccc5)c4)C4CCNC(S2)C34)C1. The molecular formula is C33H34N6O4S. The first-order chi connectivity index (χ1) is 21.5. The Morgan fingerprint density at radius 3 is 2.68 bits per heavy atom. The Bertz CT molecular complexity index is 1580. The van der Waals surface area contributed by atoms with E-state index in [1.165, 1.54) is 11.8 Å². The second-order valence-corrected chi connectivity index (χ2v) is 13.1. The van der Waals surface area contributed by atoms with Crippen molar-refractivity contribution in [3.05, 3.63) is 76.8 Å². The number of benzene rings is 2. The number of urea groups is 1. The molecule has 0 aromatic heterocycles. The molecule has 0 bridgehead atoms. The van der Waals surface area contributed by atoms with Crippen LogP contribution in [-0.4, -0.2) is 59.8 Å². The maximum atomic E-state index is 13.7. The number of nitriles is 1. The zero-order chi connectivity index (χ0) is 30.2. The van der Waals surface area contributed by atoms with Crippen molar-refractivity contribution in [3.63, 3.8) is 0 Å². The zero-order valence-electron chi connectivity index (χ0n) is 24.2. The van der Waals surface area contributed by atoms with Crippen LogP contribution in [0.2, 0.25) is 0 Å². The third-order valence-corrected chi connectivity index (χ3v) is 10.2. The molecule has 10 nitrogen and oxygen atoms in total. The van der Waals surface area contributed by atoms with Gasteiger partial charge in [0.1, 0.15) is 23.1 Å². The highest BCUT2D eigenvalue weighted by molar-refractivity contribution is 8.04. The quantitative estimate of drug-likeness (QED) is 0.316. The second-order valence-electron chi connectivity index (χ2n) is 11.9. The summed E-state index contributed by atoms with van der Waals surface area (Å²) in [6.07, 6.45) is 6.06. The van der Waals surface area contributed by atoms with Crippen LogP contribution in [0.25, 0.3) is 0 Å². The number of nitrogens with zero attached hydrogens (tertiary/aromatic N) is 3. The molecule has 3 saturated heterocycles. The summed E-state index contributed by atoms with van der Waals surface area (Å²) in [5.74, 6) is 1.11. The lowest BCUT2D eigenvalue weighted by Gasteiger charge is -2.45. The summed E-state index contributed by atoms with van der Waals surface area (Å²) in [7, 11) is 0. The highest BCUT2D eigenvalue weighted by atomic mass is 32.2. The Balaban J connectivity index is 1.07. The highest BCUT2D eigenvalue weighted by Gasteiger charge is 2.52. The summed E-state index contributed by atoms with van der Waals surface area (Å²) >= 11 is 1.46. The fourth-order valence-corrected chi connectivity index (χ4v) is 8.00. The van der Waals surface area contributed by atoms with Crippen molar-refractivity contribution in [2.75, 3.05) is 24.5 Å². The van der Waals surface area contributed by atoms with Gasteiger partial charge in [-0.1, -0.05) is 42.1 Å². The maximum Gasteiger partial charge on any atom is 0.326 e. The number of carbonyl (C=O) groups excluding carboxylic acids is 3. The number of allylic oxidation sites excluding steroid dienone is 1. The van der Waals surface area contributed by atoms with E-state index in [2.05, 4.69) is 22.0 Å². The molecule has 4 unspecified atom stereocenters. The Morgan fingerprint density at radius 1 is 1.07 bits per heavy atom. The Morgan fingerprint density at radius 2 is 1.89 bits per heavy atom. The van der Waals surface area contributed by atoms with E-state index >= 15 is 0 Å². The molecule has 4 fully saturated rings. The monoisotopic (exact) mass is 610 g/mol. The van der Waals surface area contributed by atoms with Crippen LogP contribution in [0.15, 0.2) is 76.8 Å². The number of hydrogen-bond donors (Lipinski definition) is 3. The van der Waals surface area contributed by atoms with E-state index in [0.29, 0.717) is 41.1 Å². The molecule has 0 spiro atoms. The van der Waals surface area contributed by atoms with Crippen molar-refractivity contribution in [2.45, 2.75) is 49.6 Å². The van der Waals surface area contributed by atoms with Gasteiger partial charge in [0, 0.05) is 42.5 Å². The van der Waals surface area contributed by atoms with Gasteiger partial charge in [-0.3, -0.25) is 14.5 Å². The summed E-state index contributed by atoms with van der Waals surface area (Å²) in [4.78, 5) is 44.4. The van der Waals surface area contributed by atoms with E-state index in [1.54, 1.807) is 15.9 Å². The van der Waals surface area contributed by atoms with Crippen molar-refractivity contribution >= 4 is 35.3 Å². The molecule has 4 heterocycles. The number of thioether (sulfide) groups is 1. The summed E-state index contributed by atoms with van der Waals surface area (Å²) in [6, 6.07) is 18.5. The van der Waals surface area contributed by atoms with E-state index in [1.807, 2.05) is 54.6 Å². The average Bonchev–Trinajstić information content (AvgIpc) is 3.79. The van der Waals surface area contributed by atoms with Crippen molar-refractivity contribution in [3.8, 4) is 17.6 Å². The van der Waals surface area contributed by atoms with Gasteiger partial charge in [0.15, 0.2) is 0 Å². The minimum Gasteiger partial charge on any atom is -0.457 e. The van der Waals surface area contributed by atoms with Crippen molar-refractivity contribution in [2.24, 2.45) is 11.8 Å². The van der Waals surface area contributed by atoms with Gasteiger partial charge in [0.05, 0.1) is 16.3 Å². The Hall–Kier alpha value is -4.27. The smallest absolute Gasteiger partial charge is 0.326 e. The van der Waals surface area contributed by atoms with Crippen LogP contribution in [-0.2, 0) is 9.59 Å². The lowest BCUT2D eigenvalue weighted by atomic mass is 9.86. The van der Waals surface area contributed by atoms with Gasteiger partial charge < -0.3 is 25.6 Å². The van der Waals surface area contributed by atoms with Crippen LogP contribution in [0.3, 0.4) is 0 Å². The first-order valence-corrected chi connectivity index (χ1v) is 16.2. The molecule has 3 N–H and O–H groups in total. The van der Waals surface area contributed by atoms with E-state index in [0.717, 1.165) is 44.3 Å². The molecule has 0 radical (unpaired) electrons. The number of nitrogens with one attached hydrogen (secondary N) is 3. The molecule has 226 valence electrons. The third kappa shape index (κ3) is 5.67. The Labute approximate surface area is 260 Å². The molecule has 2 aromatic rings. The number of rotatable bonds is 7. The molecule has 2 aromatic carbocycles. The highest BCUT2D eigenvalue weighted by Crippen LogP contribution is 2.48. The van der Waals surface area contributed by atoms with Gasteiger partial charge in [0.25, 0.3) is 11.8 Å². The van der Waals surface area contributed by atoms with Crippen LogP contribution in [0.4, 0.5) is 10.5 Å². The summed E-state index contributed by atoms with van der Waals surface area (Å²) < 4.78 is 6.04. The fraction of sp³-hybridized carbons (Fsp3) is 0.394. The molecule has 4 atom stereocenters. The summed E-state index contributed by atoms with van der Waals surface area (Å²) in [6.45, 7) is 1.65. The maximum absolute atomic E-state index is 13.7. The number of likely N-dealkylation sites (tertiary alicyclic amines) is 1. The van der Waals surface area contributed by atoms with Crippen LogP contribution < -0.4 is 25.6 Å². The Kier molecular flexibility index (Phi) is 7.78. The molecule has 1 saturated carbocycles. The lowest BCUT2D eigenvalue weighted by Crippen LogP contribution is -2.62. The molecule has 1 aliphatic carbocycles. The molecule has 44 heavy (non-hydrogen) atoms. The van der Waals surface area contributed by atoms with Gasteiger partial charge in [-0.15, -0.1) is 0 Å². The van der Waals surface area contributed by atoms with Crippen LogP contribution in [0, 0.1) is 23.2 Å². The molecule has 11 heteroatoms. The second kappa shape index (κ2) is 12.0. The predicted molar refractivity (Wildman–Crippen MR) is 166 cm³/mol. The predicted octanol–water partition coefficient (Wildman–Crippen LogP) is 4.24. The van der Waals surface area contributed by atoms with Crippen molar-refractivity contribution < 1.29 is 19.1 Å². The van der Waals surface area contributed by atoms with E-state index in [9.17, 15) is 19.6 Å². The largest absolute Gasteiger partial charge is 0.457 e. The van der Waals surface area contributed by atoms with Gasteiger partial charge in [-0.05, 0) is 68.8 Å². The molecule has 4 amide bonds. The molecule has 4 aliphatic heterocycles. The van der Waals surface area contributed by atoms with Gasteiger partial charge in [0.2, 0.25) is 0 Å². The standard InChI is InChI=1S/C33H34N6O4S/c34-18-21(16-20-11-12-20)32(41)38-15-5-6-22(19-38)36-30(40)29-28-27-26(13-14-35-31(27)44-29)39(33(42)37-28)23-7-4-10-25(17-23)43-24-8-2-1-3-9-24/h1-4,7-10,16-17,20,22,26-27,31,35H,5-6,11-15,19H2,(H,36,40)(H,37,42)/b21-16+. The molecule has 7 rings (SSSR count). The minimum atomic E-state index is -0.271. The number of ether oxygens (including phenoxy) is 1. The number of anilines is 1. The first-order valence-electron chi connectivity index (χ1n) is 15.3. The van der Waals surface area contributed by atoms with Crippen LogP contribution in [0.1, 0.15) is 32.1 Å². The fourth-order valence-electron chi connectivity index (χ4n) is 6.60. The summed E-state index contributed by atoms with van der Waals surface area (Å²) in [5.41, 5.74) is 1.60. The normalized spacial score (nSPS) is 26.4. The topological polar surface area (TPSA) is 127 Å². The molecule has 5 aliphatic rings. The number of amides is 4. The van der Waals surface area contributed by atoms with Crippen LogP contribution >= 0.6 is 11.8 Å². The van der Waals surface area contributed by atoms with E-state index < -0.39 is 0 Å². The number of carbonyl (C=O) groups is 3. The van der Waals surface area contributed by atoms with Gasteiger partial charge in [-0.2, -0.15) is 5.26 Å². The third-order valence-electron chi connectivity index (χ3n) is 8.84. The lowest BCUT2D eigenvalue weighted by molar-refractivity contribution is -0.129. The van der Waals surface area contributed by atoms with E-state index in [-0.39, 0.29) is 46.8 Å². The summed E-state index contributed by atoms with van der Waals surface area (Å²) in [5, 5.41) is 19.2. The number of para-hydroxylation sites is 1. The number of hydrogen-bond acceptors (Lipinski definition) is 7. The zero-order valence-corrected chi connectivity index (χ0v) is 25.0. The number of piperidine rings is 2. The van der Waals surface area contributed by atoms with Crippen molar-refractivity contribution in [1.82, 2.24) is 20.9 Å². The van der Waals surface area contributed by atoms with E-state index in [4.69, 9.17) is 4.74 Å². The van der Waals surface area contributed by atoms with Crippen LogP contribution in [0.5, 0.6) is 11.5 Å². The van der Waals surface area contributed by atoms with Gasteiger partial charge in [-0.25, -0.2) is 4.79 Å². The first kappa shape index (κ1) is 28.5. The molecular weight excluding hydrogens is 576 g/mol. The van der Waals surface area contributed by atoms with Gasteiger partial charge >= 0.3 is 6.03 Å². The van der Waals surface area contributed by atoms with Crippen molar-refractivity contribution in [1.29, 1.82) is 5.26 Å².